The number of aliphatic imine (C=N–C) groups is 1. The molecule has 8 heteroatoms. The Hall–Kier alpha value is -2.20. The molecule has 1 aromatic carbocycles. The predicted molar refractivity (Wildman–Crippen MR) is 129 cm³/mol. The van der Waals surface area contributed by atoms with Crippen LogP contribution in [0.1, 0.15) is 22.0 Å². The van der Waals surface area contributed by atoms with Crippen molar-refractivity contribution in [2.45, 2.75) is 26.6 Å². The van der Waals surface area contributed by atoms with Gasteiger partial charge >= 0.3 is 0 Å². The molecule has 0 saturated carbocycles. The van der Waals surface area contributed by atoms with Crippen LogP contribution in [0.4, 0.5) is 0 Å². The Morgan fingerprint density at radius 3 is 2.59 bits per heavy atom. The fourth-order valence-electron chi connectivity index (χ4n) is 2.71. The first-order chi connectivity index (χ1) is 13.6. The molecule has 0 atom stereocenters. The monoisotopic (exact) mass is 523 g/mol. The zero-order chi connectivity index (χ0) is 19.8. The van der Waals surface area contributed by atoms with Gasteiger partial charge in [-0.05, 0) is 36.8 Å². The molecule has 3 rings (SSSR count). The number of pyridine rings is 1. The lowest BCUT2D eigenvalue weighted by molar-refractivity contribution is 0.301. The molecular weight excluding hydrogens is 497 g/mol. The molecule has 0 spiro atoms. The second kappa shape index (κ2) is 11.7. The molecule has 1 N–H and O–H groups in total. The van der Waals surface area contributed by atoms with Gasteiger partial charge in [0.15, 0.2) is 5.96 Å². The average Bonchev–Trinajstić information content (AvgIpc) is 3.13. The van der Waals surface area contributed by atoms with Crippen LogP contribution in [-0.2, 0) is 19.7 Å². The molecule has 0 amide bonds. The fourth-order valence-corrected chi connectivity index (χ4v) is 3.31. The van der Waals surface area contributed by atoms with Gasteiger partial charge in [-0.25, -0.2) is 4.98 Å². The van der Waals surface area contributed by atoms with E-state index in [1.54, 1.807) is 24.6 Å². The van der Waals surface area contributed by atoms with Gasteiger partial charge in [-0.2, -0.15) is 0 Å². The number of hydrogen-bond donors (Lipinski definition) is 1. The van der Waals surface area contributed by atoms with Gasteiger partial charge in [0.05, 0.1) is 22.9 Å². The lowest BCUT2D eigenvalue weighted by atomic mass is 10.2. The average molecular weight is 523 g/mol. The molecule has 0 aliphatic rings. The summed E-state index contributed by atoms with van der Waals surface area (Å²) in [5, 5.41) is 6.56. The second-order valence-corrected chi connectivity index (χ2v) is 7.43. The van der Waals surface area contributed by atoms with Crippen molar-refractivity contribution in [3.8, 4) is 5.75 Å². The first kappa shape index (κ1) is 23.1. The summed E-state index contributed by atoms with van der Waals surface area (Å²) < 4.78 is 5.78. The number of thiazole rings is 1. The van der Waals surface area contributed by atoms with Crippen molar-refractivity contribution in [1.29, 1.82) is 0 Å². The maximum Gasteiger partial charge on any atom is 0.194 e. The third-order valence-corrected chi connectivity index (χ3v) is 4.95. The van der Waals surface area contributed by atoms with Gasteiger partial charge < -0.3 is 15.0 Å². The number of nitrogens with zero attached hydrogens (tertiary/aromatic N) is 4. The van der Waals surface area contributed by atoms with Crippen LogP contribution < -0.4 is 10.1 Å². The van der Waals surface area contributed by atoms with Gasteiger partial charge in [0.25, 0.3) is 0 Å². The summed E-state index contributed by atoms with van der Waals surface area (Å²) in [5.74, 6) is 1.66. The summed E-state index contributed by atoms with van der Waals surface area (Å²) in [6, 6.07) is 13.9. The summed E-state index contributed by atoms with van der Waals surface area (Å²) in [7, 11) is 3.80. The van der Waals surface area contributed by atoms with Gasteiger partial charge in [-0.1, -0.05) is 18.2 Å². The first-order valence-electron chi connectivity index (χ1n) is 9.08. The number of aryl methyl sites for hydroxylation is 1. The van der Waals surface area contributed by atoms with Crippen LogP contribution in [0, 0.1) is 6.92 Å². The third kappa shape index (κ3) is 7.28. The van der Waals surface area contributed by atoms with Crippen LogP contribution in [0.25, 0.3) is 0 Å². The Balaban J connectivity index is 0.00000300. The predicted octanol–water partition coefficient (Wildman–Crippen LogP) is 4.25. The zero-order valence-corrected chi connectivity index (χ0v) is 20.0. The summed E-state index contributed by atoms with van der Waals surface area (Å²) >= 11 is 1.67. The number of ether oxygens (including phenoxy) is 1. The number of hydrogen-bond acceptors (Lipinski definition) is 5. The van der Waals surface area contributed by atoms with Gasteiger partial charge in [0.1, 0.15) is 12.4 Å². The lowest BCUT2D eigenvalue weighted by Gasteiger charge is -2.21. The third-order valence-electron chi connectivity index (χ3n) is 4.13. The number of aromatic nitrogens is 2. The highest BCUT2D eigenvalue weighted by Crippen LogP contribution is 2.14. The molecular formula is C21H26IN5OS. The Morgan fingerprint density at radius 2 is 1.97 bits per heavy atom. The number of guanidine groups is 1. The molecule has 0 fully saturated rings. The molecule has 6 nitrogen and oxygen atoms in total. The van der Waals surface area contributed by atoms with Gasteiger partial charge in [0, 0.05) is 32.2 Å². The number of halogens is 1. The first-order valence-corrected chi connectivity index (χ1v) is 9.96. The smallest absolute Gasteiger partial charge is 0.194 e. The highest BCUT2D eigenvalue weighted by molar-refractivity contribution is 14.0. The Bertz CT molecular complexity index is 899. The van der Waals surface area contributed by atoms with Crippen molar-refractivity contribution < 1.29 is 4.74 Å². The largest absolute Gasteiger partial charge is 0.487 e. The molecule has 0 aliphatic heterocycles. The van der Waals surface area contributed by atoms with E-state index in [9.17, 15) is 0 Å². The minimum absolute atomic E-state index is 0. The fraction of sp³-hybridized carbons (Fsp3) is 0.286. The van der Waals surface area contributed by atoms with E-state index in [2.05, 4.69) is 42.7 Å². The maximum absolute atomic E-state index is 5.78. The molecule has 0 bridgehead atoms. The lowest BCUT2D eigenvalue weighted by Crippen LogP contribution is -2.38. The Kier molecular flexibility index (Phi) is 9.33. The van der Waals surface area contributed by atoms with Crippen molar-refractivity contribution in [2.24, 2.45) is 4.99 Å². The molecule has 0 saturated heterocycles. The van der Waals surface area contributed by atoms with E-state index in [-0.39, 0.29) is 24.0 Å². The summed E-state index contributed by atoms with van der Waals surface area (Å²) in [4.78, 5) is 15.2. The molecule has 2 heterocycles. The van der Waals surface area contributed by atoms with E-state index in [4.69, 9.17) is 4.74 Å². The van der Waals surface area contributed by atoms with E-state index < -0.39 is 0 Å². The number of benzene rings is 1. The van der Waals surface area contributed by atoms with E-state index in [1.807, 2.05) is 44.3 Å². The van der Waals surface area contributed by atoms with Crippen molar-refractivity contribution in [1.82, 2.24) is 20.2 Å². The summed E-state index contributed by atoms with van der Waals surface area (Å²) in [5.41, 5.74) is 3.13. The second-order valence-electron chi connectivity index (χ2n) is 6.37. The highest BCUT2D eigenvalue weighted by Gasteiger charge is 2.08. The number of rotatable bonds is 7. The summed E-state index contributed by atoms with van der Waals surface area (Å²) in [6.07, 6.45) is 1.77. The van der Waals surface area contributed by atoms with E-state index >= 15 is 0 Å². The molecule has 0 radical (unpaired) electrons. The molecule has 0 unspecified atom stereocenters. The zero-order valence-electron chi connectivity index (χ0n) is 16.8. The Labute approximate surface area is 193 Å². The Morgan fingerprint density at radius 1 is 1.17 bits per heavy atom. The van der Waals surface area contributed by atoms with E-state index in [0.29, 0.717) is 13.2 Å². The van der Waals surface area contributed by atoms with Gasteiger partial charge in [-0.3, -0.25) is 9.98 Å². The van der Waals surface area contributed by atoms with Crippen molar-refractivity contribution in [3.63, 3.8) is 0 Å². The van der Waals surface area contributed by atoms with Crippen LogP contribution in [0.5, 0.6) is 5.75 Å². The van der Waals surface area contributed by atoms with Crippen LogP contribution >= 0.6 is 35.3 Å². The van der Waals surface area contributed by atoms with Gasteiger partial charge in [0.2, 0.25) is 0 Å². The maximum atomic E-state index is 5.78. The van der Waals surface area contributed by atoms with E-state index in [1.165, 1.54) is 0 Å². The van der Waals surface area contributed by atoms with Crippen molar-refractivity contribution in [3.05, 3.63) is 76.0 Å². The molecule has 29 heavy (non-hydrogen) atoms. The van der Waals surface area contributed by atoms with Crippen LogP contribution in [0.3, 0.4) is 0 Å². The van der Waals surface area contributed by atoms with E-state index in [0.717, 1.165) is 40.2 Å². The molecule has 154 valence electrons. The standard InChI is InChI=1S/C21H25N5OS.HI/c1-16-25-19(15-28-16)13-26(3)21(22-2)24-12-17-7-9-20(10-8-17)27-14-18-6-4-5-11-23-18;/h4-11,15H,12-14H2,1-3H3,(H,22,24);1H. The normalized spacial score (nSPS) is 10.9. The quantitative estimate of drug-likeness (QED) is 0.285. The number of nitrogens with one attached hydrogen (secondary N) is 1. The minimum atomic E-state index is 0. The SMILES string of the molecule is CN=C(NCc1ccc(OCc2ccccn2)cc1)N(C)Cc1csc(C)n1.I. The van der Waals surface area contributed by atoms with Crippen molar-refractivity contribution in [2.75, 3.05) is 14.1 Å². The molecule has 3 aromatic rings. The summed E-state index contributed by atoms with van der Waals surface area (Å²) in [6.45, 7) is 3.90. The minimum Gasteiger partial charge on any atom is -0.487 e. The topological polar surface area (TPSA) is 62.6 Å². The molecule has 0 aliphatic carbocycles. The van der Waals surface area contributed by atoms with Crippen LogP contribution in [0.15, 0.2) is 59.0 Å². The molecule has 2 aromatic heterocycles. The van der Waals surface area contributed by atoms with Crippen LogP contribution in [0.2, 0.25) is 0 Å². The highest BCUT2D eigenvalue weighted by atomic mass is 127. The van der Waals surface area contributed by atoms with Crippen molar-refractivity contribution >= 4 is 41.3 Å². The van der Waals surface area contributed by atoms with Gasteiger partial charge in [-0.15, -0.1) is 35.3 Å². The van der Waals surface area contributed by atoms with Crippen LogP contribution in [-0.4, -0.2) is 34.9 Å².